The first-order chi connectivity index (χ1) is 16.7. The van der Waals surface area contributed by atoms with E-state index in [1.807, 2.05) is 0 Å². The molecule has 180 valence electrons. The predicted molar refractivity (Wildman–Crippen MR) is 123 cm³/mol. The van der Waals surface area contributed by atoms with Crippen molar-refractivity contribution in [3.8, 4) is 11.3 Å². The van der Waals surface area contributed by atoms with E-state index in [9.17, 15) is 22.8 Å². The Morgan fingerprint density at radius 3 is 2.66 bits per heavy atom. The number of nitrogens with zero attached hydrogens (tertiary/aromatic N) is 3. The first kappa shape index (κ1) is 24.0. The quantitative estimate of drug-likeness (QED) is 0.331. The largest absolute Gasteiger partial charge is 0.462 e. The van der Waals surface area contributed by atoms with Gasteiger partial charge in [-0.15, -0.1) is 0 Å². The van der Waals surface area contributed by atoms with E-state index in [2.05, 4.69) is 20.7 Å². The molecule has 0 aliphatic rings. The molecule has 0 spiro atoms. The number of esters is 1. The van der Waals surface area contributed by atoms with Gasteiger partial charge in [-0.25, -0.2) is 19.1 Å². The highest BCUT2D eigenvalue weighted by Gasteiger charge is 2.34. The molecule has 2 heterocycles. The average Bonchev–Trinajstić information content (AvgIpc) is 3.24. The minimum absolute atomic E-state index is 0.107. The van der Waals surface area contributed by atoms with Crippen LogP contribution in [-0.2, 0) is 10.9 Å². The molecule has 35 heavy (non-hydrogen) atoms. The third-order valence-corrected chi connectivity index (χ3v) is 5.08. The molecule has 0 saturated heterocycles. The van der Waals surface area contributed by atoms with Crippen LogP contribution in [0.25, 0.3) is 16.9 Å². The zero-order chi connectivity index (χ0) is 25.2. The second kappa shape index (κ2) is 9.63. The third kappa shape index (κ3) is 5.19. The highest BCUT2D eigenvalue weighted by atomic mass is 35.5. The molecule has 12 heteroatoms. The number of nitrogens with one attached hydrogen (secondary N) is 2. The molecule has 2 aromatic heterocycles. The van der Waals surface area contributed by atoms with Crippen molar-refractivity contribution in [2.45, 2.75) is 13.1 Å². The normalized spacial score (nSPS) is 11.3. The van der Waals surface area contributed by atoms with Crippen molar-refractivity contribution < 1.29 is 27.5 Å². The van der Waals surface area contributed by atoms with Gasteiger partial charge in [0.05, 0.1) is 29.7 Å². The molecule has 0 bridgehead atoms. The fraction of sp³-hybridized carbons (Fsp3) is 0.130. The summed E-state index contributed by atoms with van der Waals surface area (Å²) in [6.07, 6.45) is -1.85. The predicted octanol–water partition coefficient (Wildman–Crippen LogP) is 5.89. The Morgan fingerprint density at radius 2 is 1.91 bits per heavy atom. The van der Waals surface area contributed by atoms with Gasteiger partial charge in [0.25, 0.3) is 0 Å². The van der Waals surface area contributed by atoms with Gasteiger partial charge in [0.1, 0.15) is 5.56 Å². The minimum atomic E-state index is -4.70. The van der Waals surface area contributed by atoms with Crippen LogP contribution in [0, 0.1) is 0 Å². The van der Waals surface area contributed by atoms with Crippen LogP contribution < -0.4 is 10.6 Å². The van der Waals surface area contributed by atoms with E-state index >= 15 is 0 Å². The number of urea groups is 1. The maximum Gasteiger partial charge on any atom is 0.418 e. The van der Waals surface area contributed by atoms with Gasteiger partial charge in [0.15, 0.2) is 5.65 Å². The lowest BCUT2D eigenvalue weighted by atomic mass is 10.1. The number of anilines is 2. The number of alkyl halides is 3. The van der Waals surface area contributed by atoms with Gasteiger partial charge >= 0.3 is 18.2 Å². The fourth-order valence-corrected chi connectivity index (χ4v) is 3.54. The van der Waals surface area contributed by atoms with Crippen LogP contribution in [0.3, 0.4) is 0 Å². The van der Waals surface area contributed by atoms with Crippen LogP contribution in [0.4, 0.5) is 29.3 Å². The van der Waals surface area contributed by atoms with Crippen molar-refractivity contribution in [2.75, 3.05) is 17.2 Å². The minimum Gasteiger partial charge on any atom is -0.462 e. The van der Waals surface area contributed by atoms with Gasteiger partial charge in [-0.1, -0.05) is 23.7 Å². The molecule has 4 aromatic rings. The standard InChI is InChI=1S/C23H17ClF3N5O3/c1-2-35-21(33)16-12-29-32-19(8-9-28-20(16)32)13-4-3-5-15(10-13)30-22(34)31-18-7-6-14(24)11-17(18)23(25,26)27/h3-12H,2H2,1H3,(H2,30,31,34). The number of carbonyl (C=O) groups excluding carboxylic acids is 2. The van der Waals surface area contributed by atoms with E-state index in [0.29, 0.717) is 22.6 Å². The van der Waals surface area contributed by atoms with E-state index < -0.39 is 29.4 Å². The molecule has 8 nitrogen and oxygen atoms in total. The molecule has 0 aliphatic heterocycles. The Bertz CT molecular complexity index is 1420. The van der Waals surface area contributed by atoms with Crippen LogP contribution in [0.2, 0.25) is 5.02 Å². The van der Waals surface area contributed by atoms with Gasteiger partial charge in [0, 0.05) is 22.5 Å². The van der Waals surface area contributed by atoms with E-state index in [0.717, 1.165) is 12.1 Å². The second-order valence-electron chi connectivity index (χ2n) is 7.19. The van der Waals surface area contributed by atoms with Crippen molar-refractivity contribution in [2.24, 2.45) is 0 Å². The summed E-state index contributed by atoms with van der Waals surface area (Å²) in [4.78, 5) is 28.8. The summed E-state index contributed by atoms with van der Waals surface area (Å²) in [6, 6.07) is 10.4. The highest BCUT2D eigenvalue weighted by molar-refractivity contribution is 6.30. The second-order valence-corrected chi connectivity index (χ2v) is 7.63. The summed E-state index contributed by atoms with van der Waals surface area (Å²) >= 11 is 5.68. The van der Waals surface area contributed by atoms with Crippen molar-refractivity contribution in [1.82, 2.24) is 14.6 Å². The molecule has 2 amide bonds. The van der Waals surface area contributed by atoms with Crippen LogP contribution in [0.5, 0.6) is 0 Å². The number of fused-ring (bicyclic) bond motifs is 1. The van der Waals surface area contributed by atoms with E-state index in [1.54, 1.807) is 37.3 Å². The van der Waals surface area contributed by atoms with Crippen LogP contribution in [-0.4, -0.2) is 33.2 Å². The molecule has 0 atom stereocenters. The lowest BCUT2D eigenvalue weighted by Crippen LogP contribution is -2.21. The first-order valence-electron chi connectivity index (χ1n) is 10.2. The van der Waals surface area contributed by atoms with Gasteiger partial charge in [0.2, 0.25) is 0 Å². The molecular weight excluding hydrogens is 487 g/mol. The van der Waals surface area contributed by atoms with Crippen LogP contribution in [0.15, 0.2) is 60.9 Å². The Balaban J connectivity index is 1.59. The van der Waals surface area contributed by atoms with Gasteiger partial charge < -0.3 is 15.4 Å². The summed E-state index contributed by atoms with van der Waals surface area (Å²) in [6.45, 7) is 1.89. The van der Waals surface area contributed by atoms with Crippen molar-refractivity contribution >= 4 is 40.6 Å². The maximum absolute atomic E-state index is 13.3. The van der Waals surface area contributed by atoms with Crippen molar-refractivity contribution in [3.05, 3.63) is 77.1 Å². The Hall–Kier alpha value is -4.12. The van der Waals surface area contributed by atoms with Crippen LogP contribution >= 0.6 is 11.6 Å². The summed E-state index contributed by atoms with van der Waals surface area (Å²) in [7, 11) is 0. The number of hydrogen-bond acceptors (Lipinski definition) is 5. The van der Waals surface area contributed by atoms with E-state index in [4.69, 9.17) is 16.3 Å². The zero-order valence-corrected chi connectivity index (χ0v) is 18.8. The number of aromatic nitrogens is 3. The molecular formula is C23H17ClF3N5O3. The molecule has 4 rings (SSSR count). The Morgan fingerprint density at radius 1 is 1.11 bits per heavy atom. The third-order valence-electron chi connectivity index (χ3n) is 4.85. The summed E-state index contributed by atoms with van der Waals surface area (Å²) in [5.74, 6) is -0.556. The smallest absolute Gasteiger partial charge is 0.418 e. The molecule has 0 unspecified atom stereocenters. The lowest BCUT2D eigenvalue weighted by Gasteiger charge is -2.15. The average molecular weight is 504 g/mol. The summed E-state index contributed by atoms with van der Waals surface area (Å²) in [5.41, 5.74) is 0.469. The summed E-state index contributed by atoms with van der Waals surface area (Å²) < 4.78 is 46.4. The number of ether oxygens (including phenoxy) is 1. The molecule has 2 aromatic carbocycles. The lowest BCUT2D eigenvalue weighted by molar-refractivity contribution is -0.136. The highest BCUT2D eigenvalue weighted by Crippen LogP contribution is 2.36. The van der Waals surface area contributed by atoms with Gasteiger partial charge in [-0.2, -0.15) is 18.3 Å². The number of amides is 2. The molecule has 2 N–H and O–H groups in total. The van der Waals surface area contributed by atoms with Crippen LogP contribution in [0.1, 0.15) is 22.8 Å². The van der Waals surface area contributed by atoms with Crippen molar-refractivity contribution in [3.63, 3.8) is 0 Å². The van der Waals surface area contributed by atoms with Crippen molar-refractivity contribution in [1.29, 1.82) is 0 Å². The molecule has 0 aliphatic carbocycles. The van der Waals surface area contributed by atoms with E-state index in [1.165, 1.54) is 23.0 Å². The van der Waals surface area contributed by atoms with Gasteiger partial charge in [-0.3, -0.25) is 0 Å². The molecule has 0 saturated carbocycles. The Labute approximate surface area is 201 Å². The topological polar surface area (TPSA) is 97.6 Å². The first-order valence-corrected chi connectivity index (χ1v) is 10.6. The fourth-order valence-electron chi connectivity index (χ4n) is 3.36. The monoisotopic (exact) mass is 503 g/mol. The van der Waals surface area contributed by atoms with E-state index in [-0.39, 0.29) is 17.2 Å². The Kier molecular flexibility index (Phi) is 6.61. The number of carbonyl (C=O) groups is 2. The summed E-state index contributed by atoms with van der Waals surface area (Å²) in [5, 5.41) is 8.83. The number of benzene rings is 2. The maximum atomic E-state index is 13.3. The molecule has 0 radical (unpaired) electrons. The zero-order valence-electron chi connectivity index (χ0n) is 18.1. The number of rotatable bonds is 5. The van der Waals surface area contributed by atoms with Gasteiger partial charge in [-0.05, 0) is 43.3 Å². The number of hydrogen-bond donors (Lipinski definition) is 2. The molecule has 0 fully saturated rings. The number of halogens is 4. The SMILES string of the molecule is CCOC(=O)c1cnn2c(-c3cccc(NC(=O)Nc4ccc(Cl)cc4C(F)(F)F)c3)ccnc12.